The van der Waals surface area contributed by atoms with E-state index >= 15 is 0 Å². The first-order valence-corrected chi connectivity index (χ1v) is 16.0. The number of hydrogen-bond donors (Lipinski definition) is 0. The zero-order chi connectivity index (χ0) is 28.8. The summed E-state index contributed by atoms with van der Waals surface area (Å²) in [5.74, 6) is 2.33. The van der Waals surface area contributed by atoms with Crippen LogP contribution in [-0.2, 0) is 9.53 Å². The maximum Gasteiger partial charge on any atom is 0.273 e. The van der Waals surface area contributed by atoms with Crippen LogP contribution in [0.25, 0.3) is 10.4 Å². The normalized spacial score (nSPS) is 22.7. The molecule has 0 N–H and O–H groups in total. The highest BCUT2D eigenvalue weighted by molar-refractivity contribution is 7.16. The van der Waals surface area contributed by atoms with E-state index in [4.69, 9.17) is 14.2 Å². The molecule has 0 saturated heterocycles. The Bertz CT molecular complexity index is 1290. The molecule has 0 radical (unpaired) electrons. The Morgan fingerprint density at radius 2 is 1.76 bits per heavy atom. The van der Waals surface area contributed by atoms with Crippen LogP contribution in [0.4, 0.5) is 5.69 Å². The third kappa shape index (κ3) is 7.12. The molecular weight excluding hydrogens is 532 g/mol. The minimum absolute atomic E-state index is 0.0532. The van der Waals surface area contributed by atoms with E-state index < -0.39 is 0 Å². The van der Waals surface area contributed by atoms with Gasteiger partial charge in [0.1, 0.15) is 5.75 Å². The van der Waals surface area contributed by atoms with E-state index in [0.29, 0.717) is 23.1 Å². The van der Waals surface area contributed by atoms with E-state index in [0.717, 1.165) is 86.4 Å². The summed E-state index contributed by atoms with van der Waals surface area (Å²) in [6.07, 6.45) is 10.4. The Balaban J connectivity index is 1.32. The number of benzene rings is 2. The van der Waals surface area contributed by atoms with Gasteiger partial charge < -0.3 is 19.1 Å². The molecule has 2 aliphatic rings. The van der Waals surface area contributed by atoms with Crippen molar-refractivity contribution in [1.29, 1.82) is 0 Å². The van der Waals surface area contributed by atoms with Gasteiger partial charge in [-0.2, -0.15) is 0 Å². The highest BCUT2D eigenvalue weighted by Crippen LogP contribution is 2.39. The number of carbonyl (C=O) groups excluding carboxylic acids is 1. The molecule has 0 unspecified atom stereocenters. The summed E-state index contributed by atoms with van der Waals surface area (Å²) < 4.78 is 16.7. The lowest BCUT2D eigenvalue weighted by molar-refractivity contribution is -0.124. The molecule has 2 aromatic carbocycles. The molecule has 1 aromatic heterocycles. The van der Waals surface area contributed by atoms with Gasteiger partial charge in [0.15, 0.2) is 0 Å². The van der Waals surface area contributed by atoms with Crippen LogP contribution in [0.2, 0.25) is 0 Å². The second kappa shape index (κ2) is 13.8. The maximum absolute atomic E-state index is 14.2. The predicted molar refractivity (Wildman–Crippen MR) is 166 cm³/mol. The van der Waals surface area contributed by atoms with E-state index in [2.05, 4.69) is 66.2 Å². The van der Waals surface area contributed by atoms with Crippen LogP contribution >= 0.6 is 11.3 Å². The maximum atomic E-state index is 14.2. The Kier molecular flexibility index (Phi) is 9.99. The van der Waals surface area contributed by atoms with Crippen molar-refractivity contribution in [3.05, 3.63) is 59.8 Å². The molecule has 2 saturated carbocycles. The van der Waals surface area contributed by atoms with Gasteiger partial charge in [-0.05, 0) is 112 Å². The lowest BCUT2D eigenvalue weighted by Crippen LogP contribution is -2.42. The number of aryl methyl sites for hydroxylation is 1. The van der Waals surface area contributed by atoms with Gasteiger partial charge in [-0.3, -0.25) is 4.79 Å². The molecule has 2 fully saturated rings. The number of methoxy groups -OCH3 is 2. The Morgan fingerprint density at radius 3 is 2.41 bits per heavy atom. The summed E-state index contributed by atoms with van der Waals surface area (Å²) in [4.78, 5) is 21.7. The minimum Gasteiger partial charge on any atom is -0.496 e. The largest absolute Gasteiger partial charge is 0.496 e. The number of amides is 1. The van der Waals surface area contributed by atoms with Gasteiger partial charge >= 0.3 is 0 Å². The Morgan fingerprint density at radius 1 is 0.976 bits per heavy atom. The summed E-state index contributed by atoms with van der Waals surface area (Å²) >= 11 is 1.53. The standard InChI is InChI=1S/C34H44N2O4S/c1-5-40-30-16-13-26(14-17-30)33(37)36(29-8-6-7-28(20-29)32-21-35-34(39-4)41-32)22-24-9-11-25(12-10-24)27-15-18-31(38-3)23(2)19-27/h6-8,15,18-21,24-26,30H,5,9-14,16-17,22H2,1-4H3/t24-,25-,26-,30-. The summed E-state index contributed by atoms with van der Waals surface area (Å²) in [5.41, 5.74) is 4.66. The summed E-state index contributed by atoms with van der Waals surface area (Å²) in [5, 5.41) is 0.646. The second-order valence-corrected chi connectivity index (χ2v) is 12.6. The number of thiazole rings is 1. The molecular formula is C34H44N2O4S. The third-order valence-corrected chi connectivity index (χ3v) is 9.98. The topological polar surface area (TPSA) is 60.9 Å². The molecule has 0 bridgehead atoms. The molecule has 3 aromatic rings. The first kappa shape index (κ1) is 29.6. The van der Waals surface area contributed by atoms with E-state index in [-0.39, 0.29) is 11.8 Å². The predicted octanol–water partition coefficient (Wildman–Crippen LogP) is 8.04. The molecule has 41 heavy (non-hydrogen) atoms. The Hall–Kier alpha value is -2.90. The van der Waals surface area contributed by atoms with Gasteiger partial charge in [-0.25, -0.2) is 4.98 Å². The quantitative estimate of drug-likeness (QED) is 0.244. The monoisotopic (exact) mass is 576 g/mol. The average Bonchev–Trinajstić information content (AvgIpc) is 3.50. The first-order valence-electron chi connectivity index (χ1n) is 15.2. The minimum atomic E-state index is 0.0532. The SMILES string of the molecule is CCO[C@H]1CC[C@H](C(=O)N(C[C@H]2CC[C@H](c3ccc(OC)c(C)c3)CC2)c2cccc(-c3cnc(OC)s3)c2)CC1. The molecule has 6 nitrogen and oxygen atoms in total. The van der Waals surface area contributed by atoms with Gasteiger partial charge in [0, 0.05) is 31.0 Å². The molecule has 220 valence electrons. The number of aromatic nitrogens is 1. The number of carbonyl (C=O) groups is 1. The number of anilines is 1. The zero-order valence-corrected chi connectivity index (χ0v) is 25.8. The van der Waals surface area contributed by atoms with Crippen LogP contribution < -0.4 is 14.4 Å². The first-order chi connectivity index (χ1) is 20.0. The summed E-state index contributed by atoms with van der Waals surface area (Å²) in [6.45, 7) is 5.68. The van der Waals surface area contributed by atoms with E-state index in [1.54, 1.807) is 14.2 Å². The van der Waals surface area contributed by atoms with E-state index in [1.165, 1.54) is 22.5 Å². The van der Waals surface area contributed by atoms with Crippen LogP contribution in [0.3, 0.4) is 0 Å². The summed E-state index contributed by atoms with van der Waals surface area (Å²) in [7, 11) is 3.37. The molecule has 0 atom stereocenters. The van der Waals surface area contributed by atoms with Crippen molar-refractivity contribution in [2.24, 2.45) is 11.8 Å². The molecule has 7 heteroatoms. The fourth-order valence-corrected chi connectivity index (χ4v) is 7.39. The third-order valence-electron chi connectivity index (χ3n) is 8.97. The summed E-state index contributed by atoms with van der Waals surface area (Å²) in [6, 6.07) is 15.0. The number of rotatable bonds is 10. The number of ether oxygens (including phenoxy) is 3. The van der Waals surface area contributed by atoms with Crippen molar-refractivity contribution in [2.75, 3.05) is 32.3 Å². The van der Waals surface area contributed by atoms with Gasteiger partial charge in [0.2, 0.25) is 5.91 Å². The zero-order valence-electron chi connectivity index (χ0n) is 24.9. The average molecular weight is 577 g/mol. The van der Waals surface area contributed by atoms with Crippen molar-refractivity contribution >= 4 is 22.9 Å². The number of hydrogen-bond acceptors (Lipinski definition) is 6. The van der Waals surface area contributed by atoms with Crippen molar-refractivity contribution in [3.63, 3.8) is 0 Å². The lowest BCUT2D eigenvalue weighted by Gasteiger charge is -2.36. The molecule has 2 aliphatic carbocycles. The molecule has 0 spiro atoms. The molecule has 5 rings (SSSR count). The van der Waals surface area contributed by atoms with Crippen LogP contribution in [0.5, 0.6) is 10.9 Å². The lowest BCUT2D eigenvalue weighted by atomic mass is 9.78. The van der Waals surface area contributed by atoms with Crippen LogP contribution in [-0.4, -0.2) is 44.4 Å². The van der Waals surface area contributed by atoms with Gasteiger partial charge in [-0.1, -0.05) is 35.6 Å². The van der Waals surface area contributed by atoms with Crippen LogP contribution in [0.1, 0.15) is 75.3 Å². The van der Waals surface area contributed by atoms with E-state index in [9.17, 15) is 4.79 Å². The molecule has 0 aliphatic heterocycles. The van der Waals surface area contributed by atoms with Crippen molar-refractivity contribution in [2.45, 2.75) is 77.2 Å². The highest BCUT2D eigenvalue weighted by Gasteiger charge is 2.33. The van der Waals surface area contributed by atoms with Gasteiger partial charge in [-0.15, -0.1) is 0 Å². The molecule has 1 heterocycles. The van der Waals surface area contributed by atoms with Crippen molar-refractivity contribution in [3.8, 4) is 21.4 Å². The Labute approximate surface area is 249 Å². The fraction of sp³-hybridized carbons (Fsp3) is 0.529. The van der Waals surface area contributed by atoms with Crippen LogP contribution in [0.15, 0.2) is 48.7 Å². The second-order valence-electron chi connectivity index (χ2n) is 11.6. The van der Waals surface area contributed by atoms with Crippen LogP contribution in [0, 0.1) is 18.8 Å². The van der Waals surface area contributed by atoms with E-state index in [1.807, 2.05) is 6.20 Å². The van der Waals surface area contributed by atoms with Gasteiger partial charge in [0.05, 0.1) is 25.2 Å². The number of nitrogens with zero attached hydrogens (tertiary/aromatic N) is 2. The highest BCUT2D eigenvalue weighted by atomic mass is 32.1. The molecule has 1 amide bonds. The fourth-order valence-electron chi connectivity index (χ4n) is 6.66. The van der Waals surface area contributed by atoms with Gasteiger partial charge in [0.25, 0.3) is 5.19 Å². The van der Waals surface area contributed by atoms with Crippen molar-refractivity contribution in [1.82, 2.24) is 4.98 Å². The smallest absolute Gasteiger partial charge is 0.273 e. The van der Waals surface area contributed by atoms with Crippen molar-refractivity contribution < 1.29 is 19.0 Å².